The highest BCUT2D eigenvalue weighted by Crippen LogP contribution is 2.14. The van der Waals surface area contributed by atoms with Crippen molar-refractivity contribution in [3.8, 4) is 0 Å². The highest BCUT2D eigenvalue weighted by Gasteiger charge is 2.27. The molecule has 1 rings (SSSR count). The van der Waals surface area contributed by atoms with Gasteiger partial charge in [0, 0.05) is 12.8 Å². The van der Waals surface area contributed by atoms with Crippen LogP contribution >= 0.6 is 0 Å². The fourth-order valence-corrected chi connectivity index (χ4v) is 1.58. The topological polar surface area (TPSA) is 26.3 Å². The average Bonchev–Trinajstić information content (AvgIpc) is 2.34. The first-order valence-corrected chi connectivity index (χ1v) is 6.14. The molecule has 0 aliphatic rings. The van der Waals surface area contributed by atoms with Gasteiger partial charge in [-0.15, -0.1) is 0 Å². The fraction of sp³-hybridized carbons (Fsp3) is 0.500. The predicted octanol–water partition coefficient (Wildman–Crippen LogP) is 3.33. The average molecular weight is 274 g/mol. The van der Waals surface area contributed by atoms with E-state index in [9.17, 15) is 18.0 Å². The summed E-state index contributed by atoms with van der Waals surface area (Å²) in [4.78, 5) is 11.5. The van der Waals surface area contributed by atoms with Crippen molar-refractivity contribution >= 4 is 5.78 Å². The second-order valence-corrected chi connectivity index (χ2v) is 4.30. The largest absolute Gasteiger partial charge is 0.411 e. The first-order chi connectivity index (χ1) is 8.90. The van der Waals surface area contributed by atoms with Crippen LogP contribution in [0.5, 0.6) is 0 Å². The number of hydrogen-bond donors (Lipinski definition) is 0. The van der Waals surface area contributed by atoms with Crippen LogP contribution in [0.4, 0.5) is 13.2 Å². The summed E-state index contributed by atoms with van der Waals surface area (Å²) in [6, 6.07) is 7.63. The van der Waals surface area contributed by atoms with E-state index < -0.39 is 12.8 Å². The van der Waals surface area contributed by atoms with Gasteiger partial charge >= 0.3 is 6.18 Å². The Morgan fingerprint density at radius 2 is 1.74 bits per heavy atom. The highest BCUT2D eigenvalue weighted by molar-refractivity contribution is 5.80. The molecule has 0 fully saturated rings. The van der Waals surface area contributed by atoms with Crippen molar-refractivity contribution in [2.24, 2.45) is 0 Å². The van der Waals surface area contributed by atoms with Gasteiger partial charge < -0.3 is 4.74 Å². The Morgan fingerprint density at radius 3 is 2.26 bits per heavy atom. The van der Waals surface area contributed by atoms with Crippen LogP contribution in [-0.4, -0.2) is 25.2 Å². The van der Waals surface area contributed by atoms with Crippen LogP contribution in [0.15, 0.2) is 24.3 Å². The number of carbonyl (C=O) groups excluding carboxylic acids is 1. The lowest BCUT2D eigenvalue weighted by Gasteiger charge is -2.07. The molecule has 19 heavy (non-hydrogen) atoms. The van der Waals surface area contributed by atoms with Crippen molar-refractivity contribution in [2.75, 3.05) is 13.2 Å². The van der Waals surface area contributed by atoms with Crippen molar-refractivity contribution in [3.63, 3.8) is 0 Å². The molecule has 0 aliphatic heterocycles. The van der Waals surface area contributed by atoms with E-state index in [2.05, 4.69) is 4.74 Å². The van der Waals surface area contributed by atoms with Crippen LogP contribution in [0.3, 0.4) is 0 Å². The lowest BCUT2D eigenvalue weighted by Crippen LogP contribution is -2.18. The standard InChI is InChI=1S/C14H17F3O2/c1-2-11-3-5-12(6-4-11)9-13(18)7-8-19-10-14(15,16)17/h3-6H,2,7-10H2,1H3. The number of alkyl halides is 3. The second-order valence-electron chi connectivity index (χ2n) is 4.30. The number of ether oxygens (including phenoxy) is 1. The molecule has 5 heteroatoms. The molecule has 0 spiro atoms. The molecule has 0 saturated heterocycles. The minimum Gasteiger partial charge on any atom is -0.372 e. The maximum absolute atomic E-state index is 11.8. The third kappa shape index (κ3) is 6.96. The first-order valence-electron chi connectivity index (χ1n) is 6.14. The molecule has 0 bridgehead atoms. The SMILES string of the molecule is CCc1ccc(CC(=O)CCOCC(F)(F)F)cc1. The Hall–Kier alpha value is -1.36. The molecule has 1 aromatic rings. The summed E-state index contributed by atoms with van der Waals surface area (Å²) in [5.41, 5.74) is 2.06. The smallest absolute Gasteiger partial charge is 0.372 e. The maximum Gasteiger partial charge on any atom is 0.411 e. The molecule has 0 amide bonds. The Balaban J connectivity index is 2.27. The summed E-state index contributed by atoms with van der Waals surface area (Å²) >= 11 is 0. The molecular formula is C14H17F3O2. The molecule has 0 radical (unpaired) electrons. The van der Waals surface area contributed by atoms with E-state index in [1.54, 1.807) is 0 Å². The van der Waals surface area contributed by atoms with Gasteiger partial charge in [-0.3, -0.25) is 4.79 Å². The van der Waals surface area contributed by atoms with Gasteiger partial charge in [-0.2, -0.15) is 13.2 Å². The molecule has 1 aromatic carbocycles. The monoisotopic (exact) mass is 274 g/mol. The van der Waals surface area contributed by atoms with Crippen molar-refractivity contribution in [3.05, 3.63) is 35.4 Å². The van der Waals surface area contributed by atoms with Gasteiger partial charge in [-0.05, 0) is 17.5 Å². The molecule has 0 heterocycles. The van der Waals surface area contributed by atoms with Gasteiger partial charge in [0.1, 0.15) is 12.4 Å². The van der Waals surface area contributed by atoms with Gasteiger partial charge in [0.15, 0.2) is 0 Å². The number of Topliss-reactive ketones (excluding diaryl/α,β-unsaturated/α-hetero) is 1. The van der Waals surface area contributed by atoms with Gasteiger partial charge in [-0.1, -0.05) is 31.2 Å². The Kier molecular flexibility index (Phi) is 6.02. The summed E-state index contributed by atoms with van der Waals surface area (Å²) in [5, 5.41) is 0. The van der Waals surface area contributed by atoms with E-state index in [1.165, 1.54) is 5.56 Å². The van der Waals surface area contributed by atoms with Gasteiger partial charge in [0.05, 0.1) is 6.61 Å². The van der Waals surface area contributed by atoms with E-state index in [4.69, 9.17) is 0 Å². The van der Waals surface area contributed by atoms with Crippen LogP contribution in [0.2, 0.25) is 0 Å². The van der Waals surface area contributed by atoms with Crippen molar-refractivity contribution in [1.29, 1.82) is 0 Å². The summed E-state index contributed by atoms with van der Waals surface area (Å²) in [6.45, 7) is 0.551. The Labute approximate surface area is 110 Å². The van der Waals surface area contributed by atoms with E-state index in [0.717, 1.165) is 12.0 Å². The third-order valence-corrected chi connectivity index (χ3v) is 2.62. The van der Waals surface area contributed by atoms with Crippen LogP contribution in [0.1, 0.15) is 24.5 Å². The fourth-order valence-electron chi connectivity index (χ4n) is 1.58. The lowest BCUT2D eigenvalue weighted by molar-refractivity contribution is -0.174. The molecule has 0 unspecified atom stereocenters. The minimum atomic E-state index is -4.33. The normalized spacial score (nSPS) is 11.6. The van der Waals surface area contributed by atoms with Crippen LogP contribution in [0, 0.1) is 0 Å². The Bertz CT molecular complexity index is 396. The van der Waals surface area contributed by atoms with E-state index in [0.29, 0.717) is 0 Å². The molecule has 0 saturated carbocycles. The highest BCUT2D eigenvalue weighted by atomic mass is 19.4. The molecule has 0 N–H and O–H groups in total. The zero-order chi connectivity index (χ0) is 14.3. The van der Waals surface area contributed by atoms with Gasteiger partial charge in [0.2, 0.25) is 0 Å². The zero-order valence-corrected chi connectivity index (χ0v) is 10.8. The Morgan fingerprint density at radius 1 is 1.16 bits per heavy atom. The van der Waals surface area contributed by atoms with Gasteiger partial charge in [-0.25, -0.2) is 0 Å². The van der Waals surface area contributed by atoms with E-state index in [-0.39, 0.29) is 25.2 Å². The zero-order valence-electron chi connectivity index (χ0n) is 10.8. The number of ketones is 1. The second kappa shape index (κ2) is 7.28. The summed E-state index contributed by atoms with van der Waals surface area (Å²) in [5.74, 6) is -0.119. The van der Waals surface area contributed by atoms with Crippen LogP contribution in [0.25, 0.3) is 0 Å². The number of rotatable bonds is 7. The van der Waals surface area contributed by atoms with Crippen molar-refractivity contribution < 1.29 is 22.7 Å². The summed E-state index contributed by atoms with van der Waals surface area (Å²) < 4.78 is 39.8. The summed E-state index contributed by atoms with van der Waals surface area (Å²) in [6.07, 6.45) is -3.16. The number of aryl methyl sites for hydroxylation is 1. The van der Waals surface area contributed by atoms with Crippen molar-refractivity contribution in [2.45, 2.75) is 32.4 Å². The molecule has 0 aromatic heterocycles. The molecule has 0 aliphatic carbocycles. The number of benzene rings is 1. The number of carbonyl (C=O) groups is 1. The van der Waals surface area contributed by atoms with Crippen molar-refractivity contribution in [1.82, 2.24) is 0 Å². The van der Waals surface area contributed by atoms with Gasteiger partial charge in [0.25, 0.3) is 0 Å². The molecular weight excluding hydrogens is 257 g/mol. The first kappa shape index (κ1) is 15.7. The predicted molar refractivity (Wildman–Crippen MR) is 66.0 cm³/mol. The minimum absolute atomic E-state index is 0.00556. The molecule has 106 valence electrons. The molecule has 0 atom stereocenters. The molecule has 2 nitrogen and oxygen atoms in total. The van der Waals surface area contributed by atoms with E-state index >= 15 is 0 Å². The van der Waals surface area contributed by atoms with Crippen LogP contribution in [-0.2, 0) is 22.4 Å². The van der Waals surface area contributed by atoms with Crippen LogP contribution < -0.4 is 0 Å². The summed E-state index contributed by atoms with van der Waals surface area (Å²) in [7, 11) is 0. The maximum atomic E-state index is 11.8. The quantitative estimate of drug-likeness (QED) is 0.713. The lowest BCUT2D eigenvalue weighted by atomic mass is 10.0. The number of halogens is 3. The number of hydrogen-bond acceptors (Lipinski definition) is 2. The third-order valence-electron chi connectivity index (χ3n) is 2.62. The van der Waals surface area contributed by atoms with E-state index in [1.807, 2.05) is 31.2 Å².